The fourth-order valence-corrected chi connectivity index (χ4v) is 3.83. The molecule has 0 radical (unpaired) electrons. The minimum atomic E-state index is -6.27. The van der Waals surface area contributed by atoms with Gasteiger partial charge in [-0.1, -0.05) is 36.4 Å². The maximum Gasteiger partial charge on any atom is 0.430 e. The lowest BCUT2D eigenvalue weighted by Gasteiger charge is -2.34. The number of nitrogens with two attached hydrogens (primary N) is 2. The molecule has 4 nitrogen and oxygen atoms in total. The zero-order chi connectivity index (χ0) is 27.9. The molecule has 0 aliphatic rings. The number of alkyl halides is 12. The molecule has 0 spiro atoms. The van der Waals surface area contributed by atoms with Crippen LogP contribution >= 0.6 is 0 Å². The number of benzene rings is 3. The van der Waals surface area contributed by atoms with E-state index in [1.54, 1.807) is 0 Å². The number of rotatable bonds is 2. The molecule has 3 aromatic carbocycles. The topological polar surface area (TPSA) is 92.5 Å². The number of hydrogen-bond donors (Lipinski definition) is 4. The largest absolute Gasteiger partial charge is 0.430 e. The molecular weight excluding hydrogens is 528 g/mol. The second kappa shape index (κ2) is 7.68. The Hall–Kier alpha value is -3.14. The van der Waals surface area contributed by atoms with Gasteiger partial charge in [0.05, 0.1) is 0 Å². The summed E-state index contributed by atoms with van der Waals surface area (Å²) in [6, 6.07) is 2.94. The van der Waals surface area contributed by atoms with Crippen molar-refractivity contribution >= 4 is 32.9 Å². The van der Waals surface area contributed by atoms with Crippen LogP contribution in [-0.2, 0) is 11.2 Å². The van der Waals surface area contributed by atoms with Gasteiger partial charge in [0.25, 0.3) is 11.2 Å². The highest BCUT2D eigenvalue weighted by Crippen LogP contribution is 2.54. The maximum atomic E-state index is 13.3. The zero-order valence-electron chi connectivity index (χ0n) is 17.0. The van der Waals surface area contributed by atoms with E-state index in [4.69, 9.17) is 11.5 Å². The minimum absolute atomic E-state index is 0.171. The highest BCUT2D eigenvalue weighted by Gasteiger charge is 2.73. The summed E-state index contributed by atoms with van der Waals surface area (Å²) in [4.78, 5) is 0. The average Bonchev–Trinajstić information content (AvgIpc) is 2.69. The Labute approximate surface area is 191 Å². The van der Waals surface area contributed by atoms with Crippen LogP contribution in [-0.4, -0.2) is 34.9 Å². The van der Waals surface area contributed by atoms with Crippen LogP contribution in [0.15, 0.2) is 36.4 Å². The molecule has 36 heavy (non-hydrogen) atoms. The van der Waals surface area contributed by atoms with Gasteiger partial charge in [-0.15, -0.1) is 0 Å². The summed E-state index contributed by atoms with van der Waals surface area (Å²) in [6.07, 6.45) is -25.1. The number of nitrogen functional groups attached to an aromatic ring is 2. The fourth-order valence-electron chi connectivity index (χ4n) is 3.83. The molecule has 6 N–H and O–H groups in total. The van der Waals surface area contributed by atoms with E-state index >= 15 is 0 Å². The molecule has 16 heteroatoms. The van der Waals surface area contributed by atoms with E-state index in [2.05, 4.69) is 0 Å². The van der Waals surface area contributed by atoms with Crippen LogP contribution in [0, 0.1) is 0 Å². The van der Waals surface area contributed by atoms with Crippen LogP contribution in [0.2, 0.25) is 0 Å². The molecule has 0 aromatic heterocycles. The molecule has 0 heterocycles. The van der Waals surface area contributed by atoms with Gasteiger partial charge in [0, 0.05) is 33.3 Å². The first kappa shape index (κ1) is 27.4. The normalized spacial score (nSPS) is 14.6. The summed E-state index contributed by atoms with van der Waals surface area (Å²) >= 11 is 0. The minimum Gasteiger partial charge on any atom is -0.398 e. The molecular formula is C20H12F12N2O2. The number of aliphatic hydroxyl groups is 2. The van der Waals surface area contributed by atoms with E-state index in [1.165, 1.54) is 0 Å². The summed E-state index contributed by atoms with van der Waals surface area (Å²) in [5.74, 6) is 0. The molecule has 0 unspecified atom stereocenters. The third-order valence-corrected chi connectivity index (χ3v) is 5.70. The first-order chi connectivity index (χ1) is 16.0. The van der Waals surface area contributed by atoms with Gasteiger partial charge < -0.3 is 21.7 Å². The van der Waals surface area contributed by atoms with Crippen molar-refractivity contribution in [3.63, 3.8) is 0 Å². The lowest BCUT2D eigenvalue weighted by Crippen LogP contribution is -2.54. The third kappa shape index (κ3) is 3.56. The molecule has 3 rings (SSSR count). The van der Waals surface area contributed by atoms with Crippen molar-refractivity contribution in [2.24, 2.45) is 0 Å². The number of halogens is 12. The van der Waals surface area contributed by atoms with Crippen LogP contribution in [0.5, 0.6) is 0 Å². The van der Waals surface area contributed by atoms with Crippen molar-refractivity contribution in [3.8, 4) is 0 Å². The van der Waals surface area contributed by atoms with E-state index in [0.717, 1.165) is 0 Å². The Balaban J connectivity index is 2.38. The Morgan fingerprint density at radius 3 is 0.861 bits per heavy atom. The van der Waals surface area contributed by atoms with Gasteiger partial charge in [0.1, 0.15) is 0 Å². The quantitative estimate of drug-likeness (QED) is 0.188. The maximum absolute atomic E-state index is 13.3. The number of fused-ring (bicyclic) bond motifs is 3. The van der Waals surface area contributed by atoms with Gasteiger partial charge in [0.15, 0.2) is 0 Å². The van der Waals surface area contributed by atoms with Gasteiger partial charge in [-0.3, -0.25) is 0 Å². The standard InChI is InChI=1S/C20H12F12N2O2/c21-17(22,23)15(35,18(24,25)26)11-5-3-7-8-4-6-12(16(36,19(27,28)29)20(30,31)32)14(34)10(8)2-1-9(7)13(11)33/h1-6,35-36H,33-34H2. The third-order valence-electron chi connectivity index (χ3n) is 5.70. The second-order valence-electron chi connectivity index (χ2n) is 7.72. The Bertz CT molecular complexity index is 1210. The van der Waals surface area contributed by atoms with E-state index in [0.29, 0.717) is 24.3 Å². The molecule has 0 bridgehead atoms. The number of anilines is 2. The molecule has 0 aliphatic heterocycles. The summed E-state index contributed by atoms with van der Waals surface area (Å²) in [6.45, 7) is 0. The van der Waals surface area contributed by atoms with Crippen molar-refractivity contribution in [2.45, 2.75) is 35.9 Å². The van der Waals surface area contributed by atoms with Gasteiger partial charge in [-0.25, -0.2) is 0 Å². The Morgan fingerprint density at radius 1 is 0.417 bits per heavy atom. The molecule has 3 aromatic rings. The zero-order valence-corrected chi connectivity index (χ0v) is 17.0. The molecule has 0 fully saturated rings. The van der Waals surface area contributed by atoms with E-state index in [1.807, 2.05) is 0 Å². The second-order valence-corrected chi connectivity index (χ2v) is 7.72. The monoisotopic (exact) mass is 540 g/mol. The molecule has 0 saturated heterocycles. The summed E-state index contributed by atoms with van der Waals surface area (Å²) in [5.41, 5.74) is -5.80. The van der Waals surface area contributed by atoms with Crippen molar-refractivity contribution < 1.29 is 62.9 Å². The van der Waals surface area contributed by atoms with Gasteiger partial charge >= 0.3 is 24.7 Å². The lowest BCUT2D eigenvalue weighted by atomic mass is 9.85. The van der Waals surface area contributed by atoms with Crippen LogP contribution < -0.4 is 11.5 Å². The predicted octanol–water partition coefficient (Wildman–Crippen LogP) is 5.78. The highest BCUT2D eigenvalue weighted by molar-refractivity contribution is 6.14. The van der Waals surface area contributed by atoms with E-state index in [-0.39, 0.29) is 22.9 Å². The first-order valence-corrected chi connectivity index (χ1v) is 9.27. The molecule has 0 saturated carbocycles. The van der Waals surface area contributed by atoms with Gasteiger partial charge in [0.2, 0.25) is 0 Å². The smallest absolute Gasteiger partial charge is 0.398 e. The summed E-state index contributed by atoms with van der Waals surface area (Å²) in [7, 11) is 0. The van der Waals surface area contributed by atoms with Gasteiger partial charge in [-0.2, -0.15) is 52.7 Å². The predicted molar refractivity (Wildman–Crippen MR) is 102 cm³/mol. The van der Waals surface area contributed by atoms with Crippen LogP contribution in [0.1, 0.15) is 11.1 Å². The average molecular weight is 540 g/mol. The molecule has 0 amide bonds. The van der Waals surface area contributed by atoms with Gasteiger partial charge in [-0.05, 0) is 10.8 Å². The molecule has 198 valence electrons. The Morgan fingerprint density at radius 2 is 0.639 bits per heavy atom. The van der Waals surface area contributed by atoms with Crippen LogP contribution in [0.3, 0.4) is 0 Å². The molecule has 0 atom stereocenters. The van der Waals surface area contributed by atoms with Crippen LogP contribution in [0.25, 0.3) is 21.5 Å². The lowest BCUT2D eigenvalue weighted by molar-refractivity contribution is -0.376. The first-order valence-electron chi connectivity index (χ1n) is 9.27. The van der Waals surface area contributed by atoms with Crippen molar-refractivity contribution in [2.75, 3.05) is 11.5 Å². The fraction of sp³-hybridized carbons (Fsp3) is 0.300. The Kier molecular flexibility index (Phi) is 5.85. The van der Waals surface area contributed by atoms with Crippen molar-refractivity contribution in [3.05, 3.63) is 47.5 Å². The van der Waals surface area contributed by atoms with E-state index in [9.17, 15) is 62.9 Å². The highest BCUT2D eigenvalue weighted by atomic mass is 19.4. The van der Waals surface area contributed by atoms with Crippen molar-refractivity contribution in [1.82, 2.24) is 0 Å². The SMILES string of the molecule is Nc1c(C(O)(C(F)(F)F)C(F)(F)F)ccc2c1ccc1c(N)c(C(O)(C(F)(F)F)C(F)(F)F)ccc12. The summed E-state index contributed by atoms with van der Waals surface area (Å²) < 4.78 is 159. The van der Waals surface area contributed by atoms with E-state index < -0.39 is 69.2 Å². The number of hydrogen-bond acceptors (Lipinski definition) is 4. The van der Waals surface area contributed by atoms with Crippen LogP contribution in [0.4, 0.5) is 64.1 Å². The van der Waals surface area contributed by atoms with Crippen molar-refractivity contribution in [1.29, 1.82) is 0 Å². The summed E-state index contributed by atoms with van der Waals surface area (Å²) in [5, 5.41) is 17.5. The molecule has 0 aliphatic carbocycles.